The van der Waals surface area contributed by atoms with Crippen molar-refractivity contribution in [2.24, 2.45) is 0 Å². The topological polar surface area (TPSA) is 83.5 Å². The van der Waals surface area contributed by atoms with Gasteiger partial charge < -0.3 is 28.8 Å². The van der Waals surface area contributed by atoms with Crippen LogP contribution in [0.5, 0.6) is 23.0 Å². The highest BCUT2D eigenvalue weighted by Crippen LogP contribution is 2.42. The molecule has 0 amide bonds. The molecule has 0 unspecified atom stereocenters. The zero-order valence-corrected chi connectivity index (χ0v) is 33.3. The summed E-state index contributed by atoms with van der Waals surface area (Å²) in [4.78, 5) is 12.1. The molecule has 0 spiro atoms. The third-order valence-corrected chi connectivity index (χ3v) is 8.79. The first-order chi connectivity index (χ1) is 24.7. The molecule has 0 heterocycles. The summed E-state index contributed by atoms with van der Waals surface area (Å²) >= 11 is 0. The van der Waals surface area contributed by atoms with Gasteiger partial charge in [-0.25, -0.2) is 4.79 Å². The molecule has 4 rings (SSSR count). The van der Waals surface area contributed by atoms with E-state index in [9.17, 15) is 9.90 Å². The quantitative estimate of drug-likeness (QED) is 0.103. The maximum atomic E-state index is 12.1. The van der Waals surface area contributed by atoms with Crippen LogP contribution >= 0.6 is 0 Å². The summed E-state index contributed by atoms with van der Waals surface area (Å²) in [5.41, 5.74) is 7.60. The second-order valence-corrected chi connectivity index (χ2v) is 14.9. The summed E-state index contributed by atoms with van der Waals surface area (Å²) < 4.78 is 27.9. The fourth-order valence-electron chi connectivity index (χ4n) is 5.83. The van der Waals surface area contributed by atoms with E-state index in [2.05, 4.69) is 67.5 Å². The van der Waals surface area contributed by atoms with E-state index in [1.54, 1.807) is 14.2 Å². The van der Waals surface area contributed by atoms with E-state index in [-0.39, 0.29) is 23.4 Å². The van der Waals surface area contributed by atoms with Gasteiger partial charge in [0.05, 0.1) is 46.7 Å². The van der Waals surface area contributed by atoms with E-state index >= 15 is 0 Å². The Balaban J connectivity index is 0.000000281. The van der Waals surface area contributed by atoms with Crippen molar-refractivity contribution in [2.75, 3.05) is 34.5 Å². The standard InChI is InChI=1S/C23H30O4.C22H30O3/c1-7-8-13-27-21-12-10-17(25-5)15-19(21)18-14-16(22(24)26-6)9-11-20(18)23(2,3)4;1-6-7-12-25-21-11-9-17(24-5)14-19(21)18-13-16(15-23)8-10-20(18)22(2,3)4/h9-12,14-15H,7-8,13H2,1-6H3;8-11,13-14,23H,6-7,12,15H2,1-5H3. The number of hydrogen-bond donors (Lipinski definition) is 1. The van der Waals surface area contributed by atoms with E-state index in [0.717, 1.165) is 82.1 Å². The number of methoxy groups -OCH3 is 3. The molecule has 0 atom stereocenters. The molecule has 0 aromatic heterocycles. The van der Waals surface area contributed by atoms with Crippen molar-refractivity contribution in [3.63, 3.8) is 0 Å². The van der Waals surface area contributed by atoms with Crippen molar-refractivity contribution in [2.45, 2.75) is 98.5 Å². The number of aliphatic hydroxyl groups is 1. The number of esters is 1. The first-order valence-electron chi connectivity index (χ1n) is 18.3. The van der Waals surface area contributed by atoms with Gasteiger partial charge >= 0.3 is 5.97 Å². The van der Waals surface area contributed by atoms with Crippen LogP contribution in [0.25, 0.3) is 22.3 Å². The van der Waals surface area contributed by atoms with Crippen LogP contribution in [-0.2, 0) is 22.2 Å². The van der Waals surface area contributed by atoms with Gasteiger partial charge in [-0.15, -0.1) is 0 Å². The summed E-state index contributed by atoms with van der Waals surface area (Å²) in [6.45, 7) is 18.7. The Hall–Kier alpha value is -4.49. The Morgan fingerprint density at radius 3 is 1.46 bits per heavy atom. The molecule has 1 N–H and O–H groups in total. The van der Waals surface area contributed by atoms with Crippen LogP contribution in [-0.4, -0.2) is 45.6 Å². The highest BCUT2D eigenvalue weighted by atomic mass is 16.5. The highest BCUT2D eigenvalue weighted by Gasteiger charge is 2.24. The first kappa shape index (κ1) is 41.9. The molecule has 282 valence electrons. The minimum absolute atomic E-state index is 0.0207. The number of carbonyl (C=O) groups is 1. The van der Waals surface area contributed by atoms with Crippen LogP contribution in [0, 0.1) is 0 Å². The Morgan fingerprint density at radius 2 is 1.06 bits per heavy atom. The Morgan fingerprint density at radius 1 is 0.596 bits per heavy atom. The molecule has 0 radical (unpaired) electrons. The van der Waals surface area contributed by atoms with Gasteiger partial charge in [-0.2, -0.15) is 0 Å². The van der Waals surface area contributed by atoms with Crippen molar-refractivity contribution >= 4 is 5.97 Å². The summed E-state index contributed by atoms with van der Waals surface area (Å²) in [5.74, 6) is 2.84. The molecule has 0 aliphatic rings. The van der Waals surface area contributed by atoms with Gasteiger partial charge in [0, 0.05) is 11.1 Å². The van der Waals surface area contributed by atoms with Gasteiger partial charge in [-0.3, -0.25) is 0 Å². The third-order valence-electron chi connectivity index (χ3n) is 8.79. The van der Waals surface area contributed by atoms with E-state index in [1.807, 2.05) is 60.7 Å². The van der Waals surface area contributed by atoms with Crippen molar-refractivity contribution < 1.29 is 33.6 Å². The van der Waals surface area contributed by atoms with Gasteiger partial charge in [0.15, 0.2) is 0 Å². The Bertz CT molecular complexity index is 1740. The van der Waals surface area contributed by atoms with E-state index in [4.69, 9.17) is 23.7 Å². The average Bonchev–Trinajstić information content (AvgIpc) is 3.13. The number of rotatable bonds is 14. The van der Waals surface area contributed by atoms with Crippen LogP contribution in [0.4, 0.5) is 0 Å². The molecule has 0 aliphatic heterocycles. The van der Waals surface area contributed by atoms with Gasteiger partial charge in [-0.05, 0) is 106 Å². The number of aliphatic hydroxyl groups excluding tert-OH is 1. The second kappa shape index (κ2) is 19.4. The zero-order valence-electron chi connectivity index (χ0n) is 33.3. The maximum Gasteiger partial charge on any atom is 0.337 e. The summed E-state index contributed by atoms with van der Waals surface area (Å²) in [6, 6.07) is 23.6. The van der Waals surface area contributed by atoms with Gasteiger partial charge in [0.1, 0.15) is 23.0 Å². The van der Waals surface area contributed by atoms with Crippen LogP contribution in [0.1, 0.15) is 108 Å². The minimum atomic E-state index is -0.354. The number of unbranched alkanes of at least 4 members (excludes halogenated alkanes) is 2. The molecule has 0 bridgehead atoms. The molecule has 0 fully saturated rings. The van der Waals surface area contributed by atoms with Crippen LogP contribution in [0.3, 0.4) is 0 Å². The molecule has 4 aromatic carbocycles. The van der Waals surface area contributed by atoms with Gasteiger partial charge in [0.25, 0.3) is 0 Å². The molecule has 7 heteroatoms. The van der Waals surface area contributed by atoms with Gasteiger partial charge in [-0.1, -0.05) is 86.4 Å². The lowest BCUT2D eigenvalue weighted by molar-refractivity contribution is 0.0600. The van der Waals surface area contributed by atoms with E-state index in [0.29, 0.717) is 18.8 Å². The molecule has 7 nitrogen and oxygen atoms in total. The molecule has 4 aromatic rings. The van der Waals surface area contributed by atoms with Crippen LogP contribution < -0.4 is 18.9 Å². The van der Waals surface area contributed by atoms with Crippen molar-refractivity contribution in [3.8, 4) is 45.3 Å². The number of carbonyl (C=O) groups excluding carboxylic acids is 1. The lowest BCUT2D eigenvalue weighted by Crippen LogP contribution is -2.14. The summed E-state index contributed by atoms with van der Waals surface area (Å²) in [5, 5.41) is 9.59. The van der Waals surface area contributed by atoms with Crippen LogP contribution in [0.2, 0.25) is 0 Å². The number of benzene rings is 4. The predicted molar refractivity (Wildman–Crippen MR) is 212 cm³/mol. The average molecular weight is 713 g/mol. The van der Waals surface area contributed by atoms with E-state index < -0.39 is 0 Å². The second-order valence-electron chi connectivity index (χ2n) is 14.9. The molecule has 0 saturated heterocycles. The lowest BCUT2D eigenvalue weighted by Gasteiger charge is -2.25. The van der Waals surface area contributed by atoms with Crippen LogP contribution in [0.15, 0.2) is 72.8 Å². The minimum Gasteiger partial charge on any atom is -0.497 e. The SMILES string of the molecule is CCCCOc1ccc(OC)cc1-c1cc(C(=O)OC)ccc1C(C)(C)C.CCCCOc1ccc(OC)cc1-c1cc(CO)ccc1C(C)(C)C. The lowest BCUT2D eigenvalue weighted by atomic mass is 9.81. The largest absolute Gasteiger partial charge is 0.497 e. The normalized spacial score (nSPS) is 11.3. The highest BCUT2D eigenvalue weighted by molar-refractivity contribution is 5.92. The predicted octanol–water partition coefficient (Wildman–Crippen LogP) is 11.0. The molecule has 52 heavy (non-hydrogen) atoms. The smallest absolute Gasteiger partial charge is 0.337 e. The van der Waals surface area contributed by atoms with E-state index in [1.165, 1.54) is 12.7 Å². The molecule has 0 aliphatic carbocycles. The van der Waals surface area contributed by atoms with Crippen molar-refractivity contribution in [3.05, 3.63) is 95.1 Å². The summed E-state index contributed by atoms with van der Waals surface area (Å²) in [6.07, 6.45) is 4.17. The molecule has 0 saturated carbocycles. The van der Waals surface area contributed by atoms with Gasteiger partial charge in [0.2, 0.25) is 0 Å². The number of hydrogen-bond acceptors (Lipinski definition) is 7. The fourth-order valence-corrected chi connectivity index (χ4v) is 5.83. The molecular formula is C45H60O7. The maximum absolute atomic E-state index is 12.1. The van der Waals surface area contributed by atoms with Crippen molar-refractivity contribution in [1.82, 2.24) is 0 Å². The zero-order chi connectivity index (χ0) is 38.5. The van der Waals surface area contributed by atoms with Crippen molar-refractivity contribution in [1.29, 1.82) is 0 Å². The Labute approximate surface area is 312 Å². The third kappa shape index (κ3) is 11.3. The Kier molecular flexibility index (Phi) is 15.6. The fraction of sp³-hybridized carbons (Fsp3) is 0.444. The molecular weight excluding hydrogens is 652 g/mol. The monoisotopic (exact) mass is 712 g/mol. The summed E-state index contributed by atoms with van der Waals surface area (Å²) in [7, 11) is 4.71. The first-order valence-corrected chi connectivity index (χ1v) is 18.3. The number of ether oxygens (including phenoxy) is 5.